The summed E-state index contributed by atoms with van der Waals surface area (Å²) < 4.78 is 0. The molecule has 1 aliphatic carbocycles. The first kappa shape index (κ1) is 11.8. The van der Waals surface area contributed by atoms with Crippen LogP contribution in [0.2, 0.25) is 0 Å². The second-order valence-corrected chi connectivity index (χ2v) is 5.40. The topological polar surface area (TPSA) is 27.8 Å². The summed E-state index contributed by atoms with van der Waals surface area (Å²) in [6, 6.07) is 9.37. The summed E-state index contributed by atoms with van der Waals surface area (Å²) in [5.41, 5.74) is 2.72. The van der Waals surface area contributed by atoms with E-state index in [0.29, 0.717) is 0 Å². The van der Waals surface area contributed by atoms with Crippen LogP contribution < -0.4 is 5.32 Å². The summed E-state index contributed by atoms with van der Waals surface area (Å²) >= 11 is 0. The second kappa shape index (κ2) is 5.57. The van der Waals surface area contributed by atoms with Crippen LogP contribution in [0.15, 0.2) is 30.5 Å². The van der Waals surface area contributed by atoms with Gasteiger partial charge in [-0.3, -0.25) is 0 Å². The van der Waals surface area contributed by atoms with Gasteiger partial charge in [0.2, 0.25) is 0 Å². The molecule has 0 bridgehead atoms. The van der Waals surface area contributed by atoms with Crippen molar-refractivity contribution in [2.24, 2.45) is 0 Å². The van der Waals surface area contributed by atoms with Gasteiger partial charge in [0.25, 0.3) is 0 Å². The van der Waals surface area contributed by atoms with Gasteiger partial charge < -0.3 is 10.3 Å². The van der Waals surface area contributed by atoms with E-state index in [1.807, 2.05) is 0 Å². The van der Waals surface area contributed by atoms with Crippen molar-refractivity contribution < 1.29 is 0 Å². The van der Waals surface area contributed by atoms with Crippen LogP contribution in [0.1, 0.15) is 37.7 Å². The van der Waals surface area contributed by atoms with Crippen LogP contribution in [-0.2, 0) is 6.42 Å². The number of aryl methyl sites for hydroxylation is 1. The van der Waals surface area contributed by atoms with Crippen molar-refractivity contribution in [3.63, 3.8) is 0 Å². The zero-order valence-corrected chi connectivity index (χ0v) is 10.9. The third-order valence-corrected chi connectivity index (χ3v) is 4.09. The number of aromatic nitrogens is 1. The minimum absolute atomic E-state index is 0.799. The largest absolute Gasteiger partial charge is 0.361 e. The van der Waals surface area contributed by atoms with Crippen LogP contribution in [0.3, 0.4) is 0 Å². The summed E-state index contributed by atoms with van der Waals surface area (Å²) in [6.07, 6.45) is 10.2. The quantitative estimate of drug-likeness (QED) is 0.770. The van der Waals surface area contributed by atoms with E-state index in [9.17, 15) is 0 Å². The van der Waals surface area contributed by atoms with Crippen molar-refractivity contribution in [3.05, 3.63) is 36.0 Å². The number of hydrogen-bond donors (Lipinski definition) is 2. The predicted molar refractivity (Wildman–Crippen MR) is 76.9 cm³/mol. The lowest BCUT2D eigenvalue weighted by Crippen LogP contribution is -2.27. The fourth-order valence-corrected chi connectivity index (χ4v) is 3.05. The van der Waals surface area contributed by atoms with Gasteiger partial charge in [-0.15, -0.1) is 0 Å². The molecule has 1 saturated carbocycles. The zero-order chi connectivity index (χ0) is 12.2. The van der Waals surface area contributed by atoms with Crippen LogP contribution in [-0.4, -0.2) is 17.6 Å². The van der Waals surface area contributed by atoms with E-state index in [-0.39, 0.29) is 0 Å². The lowest BCUT2D eigenvalue weighted by Gasteiger charge is -2.10. The minimum atomic E-state index is 0.799. The Balaban J connectivity index is 1.50. The lowest BCUT2D eigenvalue weighted by molar-refractivity contribution is 0.515. The minimum Gasteiger partial charge on any atom is -0.361 e. The number of aromatic amines is 1. The standard InChI is InChI=1S/C16H22N2/c1-2-8-14(7-1)17-11-5-6-13-12-18-16-10-4-3-9-15(13)16/h3-4,9-10,12,14,17-18H,1-2,5-8,11H2. The van der Waals surface area contributed by atoms with Gasteiger partial charge in [-0.2, -0.15) is 0 Å². The molecule has 1 aromatic carbocycles. The second-order valence-electron chi connectivity index (χ2n) is 5.40. The molecule has 0 unspecified atom stereocenters. The smallest absolute Gasteiger partial charge is 0.0456 e. The van der Waals surface area contributed by atoms with Crippen molar-refractivity contribution in [1.29, 1.82) is 0 Å². The average molecular weight is 242 g/mol. The zero-order valence-electron chi connectivity index (χ0n) is 10.9. The van der Waals surface area contributed by atoms with Crippen molar-refractivity contribution in [1.82, 2.24) is 10.3 Å². The predicted octanol–water partition coefficient (Wildman–Crippen LogP) is 3.63. The molecule has 0 radical (unpaired) electrons. The first-order chi connectivity index (χ1) is 8.93. The van der Waals surface area contributed by atoms with Gasteiger partial charge in [0, 0.05) is 23.1 Å². The number of rotatable bonds is 5. The summed E-state index contributed by atoms with van der Waals surface area (Å²) in [7, 11) is 0. The maximum absolute atomic E-state index is 3.68. The number of H-pyrrole nitrogens is 1. The van der Waals surface area contributed by atoms with E-state index in [2.05, 4.69) is 40.8 Å². The Labute approximate surface area is 109 Å². The molecule has 18 heavy (non-hydrogen) atoms. The molecule has 0 aliphatic heterocycles. The molecule has 0 spiro atoms. The van der Waals surface area contributed by atoms with Gasteiger partial charge in [0.15, 0.2) is 0 Å². The molecule has 1 aliphatic rings. The molecule has 2 aromatic rings. The summed E-state index contributed by atoms with van der Waals surface area (Å²) in [5.74, 6) is 0. The van der Waals surface area contributed by atoms with Crippen LogP contribution in [0.4, 0.5) is 0 Å². The molecular formula is C16H22N2. The fourth-order valence-electron chi connectivity index (χ4n) is 3.05. The molecule has 2 N–H and O–H groups in total. The lowest BCUT2D eigenvalue weighted by atomic mass is 10.1. The molecule has 0 amide bonds. The normalized spacial score (nSPS) is 16.7. The van der Waals surface area contributed by atoms with E-state index >= 15 is 0 Å². The molecule has 0 atom stereocenters. The molecule has 1 heterocycles. The molecule has 1 aromatic heterocycles. The number of nitrogens with one attached hydrogen (secondary N) is 2. The van der Waals surface area contributed by atoms with Crippen molar-refractivity contribution in [3.8, 4) is 0 Å². The first-order valence-corrected chi connectivity index (χ1v) is 7.22. The van der Waals surface area contributed by atoms with E-state index in [0.717, 1.165) is 12.6 Å². The highest BCUT2D eigenvalue weighted by Gasteiger charge is 2.13. The number of para-hydroxylation sites is 1. The van der Waals surface area contributed by atoms with Gasteiger partial charge in [0.05, 0.1) is 0 Å². The highest BCUT2D eigenvalue weighted by Crippen LogP contribution is 2.20. The van der Waals surface area contributed by atoms with E-state index in [1.54, 1.807) is 0 Å². The van der Waals surface area contributed by atoms with E-state index < -0.39 is 0 Å². The molecule has 3 rings (SSSR count). The fraction of sp³-hybridized carbons (Fsp3) is 0.500. The summed E-state index contributed by atoms with van der Waals surface area (Å²) in [4.78, 5) is 3.35. The molecule has 96 valence electrons. The molecule has 0 saturated heterocycles. The van der Waals surface area contributed by atoms with Gasteiger partial charge in [-0.1, -0.05) is 31.0 Å². The third kappa shape index (κ3) is 2.59. The maximum Gasteiger partial charge on any atom is 0.0456 e. The molecule has 1 fully saturated rings. The van der Waals surface area contributed by atoms with Crippen LogP contribution in [0, 0.1) is 0 Å². The van der Waals surface area contributed by atoms with Crippen LogP contribution >= 0.6 is 0 Å². The van der Waals surface area contributed by atoms with Crippen LogP contribution in [0.5, 0.6) is 0 Å². The molecule has 2 heteroatoms. The van der Waals surface area contributed by atoms with Gasteiger partial charge >= 0.3 is 0 Å². The Hall–Kier alpha value is -1.28. The number of hydrogen-bond acceptors (Lipinski definition) is 1. The summed E-state index contributed by atoms with van der Waals surface area (Å²) in [5, 5.41) is 5.07. The van der Waals surface area contributed by atoms with Gasteiger partial charge in [0.1, 0.15) is 0 Å². The number of fused-ring (bicyclic) bond motifs is 1. The molecule has 2 nitrogen and oxygen atoms in total. The van der Waals surface area contributed by atoms with Gasteiger partial charge in [-0.05, 0) is 43.9 Å². The van der Waals surface area contributed by atoms with Gasteiger partial charge in [-0.25, -0.2) is 0 Å². The monoisotopic (exact) mass is 242 g/mol. The Morgan fingerprint density at radius 3 is 2.89 bits per heavy atom. The van der Waals surface area contributed by atoms with E-state index in [4.69, 9.17) is 0 Å². The Bertz CT molecular complexity index is 495. The first-order valence-electron chi connectivity index (χ1n) is 7.22. The third-order valence-electron chi connectivity index (χ3n) is 4.09. The Morgan fingerprint density at radius 2 is 2.00 bits per heavy atom. The van der Waals surface area contributed by atoms with Crippen molar-refractivity contribution >= 4 is 10.9 Å². The summed E-state index contributed by atoms with van der Waals surface area (Å²) in [6.45, 7) is 1.16. The molecular weight excluding hydrogens is 220 g/mol. The van der Waals surface area contributed by atoms with Crippen LogP contribution in [0.25, 0.3) is 10.9 Å². The van der Waals surface area contributed by atoms with Crippen molar-refractivity contribution in [2.75, 3.05) is 6.54 Å². The highest BCUT2D eigenvalue weighted by atomic mass is 14.9. The van der Waals surface area contributed by atoms with Crippen molar-refractivity contribution in [2.45, 2.75) is 44.6 Å². The SMILES string of the molecule is c1ccc2c(CCCNC3CCCC3)c[nH]c2c1. The Morgan fingerprint density at radius 1 is 1.17 bits per heavy atom. The highest BCUT2D eigenvalue weighted by molar-refractivity contribution is 5.82. The maximum atomic E-state index is 3.68. The van der Waals surface area contributed by atoms with E-state index in [1.165, 1.54) is 55.0 Å². The Kier molecular flexibility index (Phi) is 3.65. The number of benzene rings is 1. The average Bonchev–Trinajstić information content (AvgIpc) is 3.04.